The first kappa shape index (κ1) is 12.2. The number of nitrogens with one attached hydrogen (secondary N) is 1. The number of nitrogen functional groups attached to an aromatic ring is 1. The van der Waals surface area contributed by atoms with E-state index in [1.807, 2.05) is 30.3 Å². The van der Waals surface area contributed by atoms with Crippen LogP contribution in [0.2, 0.25) is 0 Å². The maximum atomic E-state index is 5.46. The minimum atomic E-state index is 0.430. The van der Waals surface area contributed by atoms with Gasteiger partial charge < -0.3 is 5.43 Å². The predicted molar refractivity (Wildman–Crippen MR) is 76.3 cm³/mol. The smallest absolute Gasteiger partial charge is 0.200 e. The maximum Gasteiger partial charge on any atom is 0.200 e. The van der Waals surface area contributed by atoms with Crippen LogP contribution in [-0.4, -0.2) is 19.9 Å². The van der Waals surface area contributed by atoms with Gasteiger partial charge in [0.1, 0.15) is 5.82 Å². The first-order chi connectivity index (χ1) is 9.86. The van der Waals surface area contributed by atoms with Crippen molar-refractivity contribution in [3.63, 3.8) is 0 Å². The van der Waals surface area contributed by atoms with E-state index in [0.717, 1.165) is 11.3 Å². The van der Waals surface area contributed by atoms with Gasteiger partial charge in [-0.1, -0.05) is 30.3 Å². The molecule has 2 heterocycles. The number of hydrogen-bond donors (Lipinski definition) is 2. The molecule has 0 atom stereocenters. The fraction of sp³-hybridized carbons (Fsp3) is 0. The molecule has 2 aromatic heterocycles. The van der Waals surface area contributed by atoms with Crippen LogP contribution in [0, 0.1) is 0 Å². The Morgan fingerprint density at radius 1 is 0.850 bits per heavy atom. The van der Waals surface area contributed by atoms with Crippen LogP contribution in [0.25, 0.3) is 22.9 Å². The van der Waals surface area contributed by atoms with Gasteiger partial charge in [0.2, 0.25) is 0 Å². The van der Waals surface area contributed by atoms with Crippen molar-refractivity contribution in [1.29, 1.82) is 0 Å². The first-order valence-corrected chi connectivity index (χ1v) is 6.05. The number of aromatic nitrogens is 4. The molecule has 0 aliphatic rings. The third-order valence-electron chi connectivity index (χ3n) is 2.71. The lowest BCUT2D eigenvalue weighted by Crippen LogP contribution is -2.10. The third kappa shape index (κ3) is 2.45. The van der Waals surface area contributed by atoms with E-state index in [-0.39, 0.29) is 0 Å². The van der Waals surface area contributed by atoms with E-state index in [0.29, 0.717) is 17.5 Å². The highest BCUT2D eigenvalue weighted by Gasteiger charge is 2.09. The molecule has 20 heavy (non-hydrogen) atoms. The van der Waals surface area contributed by atoms with Crippen LogP contribution in [0.4, 0.5) is 5.82 Å². The minimum absolute atomic E-state index is 0.430. The molecule has 0 spiro atoms. The van der Waals surface area contributed by atoms with Gasteiger partial charge in [0.25, 0.3) is 0 Å². The Bertz CT molecular complexity index is 642. The van der Waals surface area contributed by atoms with Crippen LogP contribution in [0.3, 0.4) is 0 Å². The molecule has 3 rings (SSSR count). The molecule has 3 N–H and O–H groups in total. The van der Waals surface area contributed by atoms with Gasteiger partial charge >= 0.3 is 0 Å². The lowest BCUT2D eigenvalue weighted by molar-refractivity contribution is 1.07. The third-order valence-corrected chi connectivity index (χ3v) is 2.71. The Labute approximate surface area is 115 Å². The van der Waals surface area contributed by atoms with E-state index >= 15 is 0 Å². The van der Waals surface area contributed by atoms with Crippen LogP contribution in [0.15, 0.2) is 54.9 Å². The van der Waals surface area contributed by atoms with Crippen molar-refractivity contribution in [2.45, 2.75) is 0 Å². The van der Waals surface area contributed by atoms with E-state index < -0.39 is 0 Å². The van der Waals surface area contributed by atoms with E-state index in [1.54, 1.807) is 24.5 Å². The molecule has 0 aliphatic carbocycles. The normalized spacial score (nSPS) is 10.2. The highest BCUT2D eigenvalue weighted by Crippen LogP contribution is 2.21. The van der Waals surface area contributed by atoms with Crippen molar-refractivity contribution >= 4 is 5.82 Å². The summed E-state index contributed by atoms with van der Waals surface area (Å²) in [6.07, 6.45) is 3.30. The van der Waals surface area contributed by atoms with E-state index in [9.17, 15) is 0 Å². The van der Waals surface area contributed by atoms with Gasteiger partial charge in [0.05, 0.1) is 5.69 Å². The molecular weight excluding hydrogens is 252 g/mol. The van der Waals surface area contributed by atoms with Gasteiger partial charge in [-0.2, -0.15) is 0 Å². The number of nitrogens with two attached hydrogens (primary N) is 1. The summed E-state index contributed by atoms with van der Waals surface area (Å²) in [6.45, 7) is 0. The molecule has 0 fully saturated rings. The van der Waals surface area contributed by atoms with Crippen molar-refractivity contribution in [3.8, 4) is 22.9 Å². The predicted octanol–water partition coefficient (Wildman–Crippen LogP) is 1.89. The summed E-state index contributed by atoms with van der Waals surface area (Å²) in [5, 5.41) is 0. The SMILES string of the molecule is NNc1cc(-c2ccccc2)nc(-c2ncccn2)n1. The summed E-state index contributed by atoms with van der Waals surface area (Å²) in [5.41, 5.74) is 4.28. The minimum Gasteiger partial charge on any atom is -0.308 e. The molecule has 0 aliphatic heterocycles. The summed E-state index contributed by atoms with van der Waals surface area (Å²) in [4.78, 5) is 17.1. The zero-order valence-electron chi connectivity index (χ0n) is 10.6. The maximum absolute atomic E-state index is 5.46. The largest absolute Gasteiger partial charge is 0.308 e. The number of hydrogen-bond acceptors (Lipinski definition) is 6. The standard InChI is InChI=1S/C14H12N6/c15-20-12-9-11(10-5-2-1-3-6-10)18-14(19-12)13-16-7-4-8-17-13/h1-9H,15H2,(H,18,19,20). The second kappa shape index (κ2) is 5.41. The highest BCUT2D eigenvalue weighted by molar-refractivity contribution is 5.65. The van der Waals surface area contributed by atoms with E-state index in [1.165, 1.54) is 0 Å². The van der Waals surface area contributed by atoms with E-state index in [4.69, 9.17) is 5.84 Å². The molecule has 0 radical (unpaired) electrons. The Balaban J connectivity index is 2.13. The molecule has 6 nitrogen and oxygen atoms in total. The van der Waals surface area contributed by atoms with Gasteiger partial charge in [-0.15, -0.1) is 0 Å². The van der Waals surface area contributed by atoms with Crippen LogP contribution in [0.1, 0.15) is 0 Å². The van der Waals surface area contributed by atoms with Crippen molar-refractivity contribution in [2.24, 2.45) is 5.84 Å². The van der Waals surface area contributed by atoms with Gasteiger partial charge in [-0.25, -0.2) is 25.8 Å². The molecule has 0 unspecified atom stereocenters. The number of nitrogens with zero attached hydrogens (tertiary/aromatic N) is 4. The fourth-order valence-corrected chi connectivity index (χ4v) is 1.79. The Kier molecular flexibility index (Phi) is 3.30. The Morgan fingerprint density at radius 3 is 2.30 bits per heavy atom. The van der Waals surface area contributed by atoms with Crippen LogP contribution >= 0.6 is 0 Å². The Morgan fingerprint density at radius 2 is 1.60 bits per heavy atom. The summed E-state index contributed by atoms with van der Waals surface area (Å²) in [5.74, 6) is 6.87. The molecular formula is C14H12N6. The molecule has 0 saturated heterocycles. The molecule has 0 saturated carbocycles. The average molecular weight is 264 g/mol. The summed E-state index contributed by atoms with van der Waals surface area (Å²) < 4.78 is 0. The molecule has 3 aromatic rings. The highest BCUT2D eigenvalue weighted by atomic mass is 15.3. The number of hydrazine groups is 1. The van der Waals surface area contributed by atoms with Gasteiger partial charge in [0, 0.05) is 24.0 Å². The number of anilines is 1. The molecule has 98 valence electrons. The molecule has 1 aromatic carbocycles. The average Bonchev–Trinajstić information content (AvgIpc) is 2.56. The number of benzene rings is 1. The lowest BCUT2D eigenvalue weighted by Gasteiger charge is -2.07. The van der Waals surface area contributed by atoms with Crippen LogP contribution < -0.4 is 11.3 Å². The van der Waals surface area contributed by atoms with Crippen molar-refractivity contribution in [3.05, 3.63) is 54.9 Å². The van der Waals surface area contributed by atoms with Crippen LogP contribution in [-0.2, 0) is 0 Å². The van der Waals surface area contributed by atoms with Gasteiger partial charge in [0.15, 0.2) is 11.6 Å². The van der Waals surface area contributed by atoms with Crippen molar-refractivity contribution < 1.29 is 0 Å². The molecule has 6 heteroatoms. The molecule has 0 amide bonds. The van der Waals surface area contributed by atoms with Crippen molar-refractivity contribution in [1.82, 2.24) is 19.9 Å². The topological polar surface area (TPSA) is 89.6 Å². The zero-order chi connectivity index (χ0) is 13.8. The lowest BCUT2D eigenvalue weighted by atomic mass is 10.1. The summed E-state index contributed by atoms with van der Waals surface area (Å²) >= 11 is 0. The van der Waals surface area contributed by atoms with Gasteiger partial charge in [-0.3, -0.25) is 0 Å². The first-order valence-electron chi connectivity index (χ1n) is 6.05. The fourth-order valence-electron chi connectivity index (χ4n) is 1.79. The monoisotopic (exact) mass is 264 g/mol. The quantitative estimate of drug-likeness (QED) is 0.554. The van der Waals surface area contributed by atoms with Gasteiger partial charge in [-0.05, 0) is 6.07 Å². The van der Waals surface area contributed by atoms with Crippen molar-refractivity contribution in [2.75, 3.05) is 5.43 Å². The second-order valence-corrected chi connectivity index (χ2v) is 4.04. The van der Waals surface area contributed by atoms with E-state index in [2.05, 4.69) is 25.4 Å². The zero-order valence-corrected chi connectivity index (χ0v) is 10.6. The Hall–Kier alpha value is -2.86. The summed E-state index contributed by atoms with van der Waals surface area (Å²) in [7, 11) is 0. The number of rotatable bonds is 3. The van der Waals surface area contributed by atoms with Crippen LogP contribution in [0.5, 0.6) is 0 Å². The molecule has 0 bridgehead atoms. The second-order valence-electron chi connectivity index (χ2n) is 4.04. The summed E-state index contributed by atoms with van der Waals surface area (Å²) in [6, 6.07) is 13.3.